The third-order valence-electron chi connectivity index (χ3n) is 8.62. The van der Waals surface area contributed by atoms with Crippen LogP contribution in [0.3, 0.4) is 0 Å². The lowest BCUT2D eigenvalue weighted by molar-refractivity contribution is 0.454. The topological polar surface area (TPSA) is 52.6 Å². The average molecular weight is 611 g/mol. The maximum Gasteiger partial charge on any atom is 0.286 e. The predicted molar refractivity (Wildman–Crippen MR) is 178 cm³/mol. The molecule has 0 saturated heterocycles. The van der Waals surface area contributed by atoms with Crippen molar-refractivity contribution in [1.82, 2.24) is 0 Å². The van der Waals surface area contributed by atoms with E-state index in [9.17, 15) is 0 Å². The molecule has 0 aliphatic carbocycles. The Balaban J connectivity index is 1.45. The van der Waals surface area contributed by atoms with Crippen molar-refractivity contribution in [1.29, 1.82) is 0 Å². The molecule has 2 heterocycles. The fraction of sp³-hybridized carbons (Fsp3) is 0.0526. The van der Waals surface area contributed by atoms with Crippen molar-refractivity contribution in [2.24, 2.45) is 0 Å². The van der Waals surface area contributed by atoms with E-state index in [4.69, 9.17) is 9.05 Å². The molecule has 0 aromatic heterocycles. The average Bonchev–Trinajstić information content (AvgIpc) is 3.08. The summed E-state index contributed by atoms with van der Waals surface area (Å²) in [4.78, 5) is 0. The second-order valence-electron chi connectivity index (χ2n) is 11.1. The van der Waals surface area contributed by atoms with Gasteiger partial charge in [0.05, 0.1) is 21.9 Å². The van der Waals surface area contributed by atoms with Gasteiger partial charge in [-0.15, -0.1) is 0 Å². The Labute approximate surface area is 256 Å². The summed E-state index contributed by atoms with van der Waals surface area (Å²) < 4.78 is 45.6. The van der Waals surface area contributed by atoms with Crippen molar-refractivity contribution in [3.63, 3.8) is 0 Å². The van der Waals surface area contributed by atoms with Crippen LogP contribution in [0.25, 0.3) is 22.3 Å². The van der Waals surface area contributed by atoms with Gasteiger partial charge in [0.1, 0.15) is 11.5 Å². The predicted octanol–water partition coefficient (Wildman–Crippen LogP) is 9.79. The monoisotopic (exact) mass is 610 g/mol. The minimum absolute atomic E-state index is 0.552. The van der Waals surface area contributed by atoms with E-state index in [1.807, 2.05) is 158 Å². The van der Waals surface area contributed by atoms with E-state index in [-0.39, 0.29) is 0 Å². The molecular formula is C38H28O4P2. The molecule has 0 N–H and O–H groups in total. The fourth-order valence-electron chi connectivity index (χ4n) is 6.72. The zero-order chi connectivity index (χ0) is 29.7. The third-order valence-corrected chi connectivity index (χ3v) is 14.6. The van der Waals surface area contributed by atoms with Crippen LogP contribution in [0.15, 0.2) is 158 Å². The van der Waals surface area contributed by atoms with E-state index in [0.29, 0.717) is 22.1 Å². The van der Waals surface area contributed by atoms with Crippen molar-refractivity contribution in [3.05, 3.63) is 169 Å². The Bertz CT molecular complexity index is 1960. The van der Waals surface area contributed by atoms with Crippen LogP contribution in [0.4, 0.5) is 0 Å². The molecule has 0 radical (unpaired) electrons. The van der Waals surface area contributed by atoms with Crippen molar-refractivity contribution >= 4 is 25.3 Å². The van der Waals surface area contributed by atoms with Crippen LogP contribution in [0, 0.1) is 0 Å². The van der Waals surface area contributed by atoms with Crippen LogP contribution in [0.1, 0.15) is 22.4 Å². The lowest BCUT2D eigenvalue weighted by Gasteiger charge is -2.42. The molecule has 8 rings (SSSR count). The molecule has 4 unspecified atom stereocenters. The molecule has 6 aromatic carbocycles. The van der Waals surface area contributed by atoms with Gasteiger partial charge in [0.25, 0.3) is 14.7 Å². The van der Waals surface area contributed by atoms with Gasteiger partial charge in [0.2, 0.25) is 0 Å². The first-order chi connectivity index (χ1) is 21.6. The van der Waals surface area contributed by atoms with Crippen molar-refractivity contribution < 1.29 is 18.2 Å². The summed E-state index contributed by atoms with van der Waals surface area (Å²) >= 11 is 0. The maximum atomic E-state index is 16.1. The van der Waals surface area contributed by atoms with Crippen molar-refractivity contribution in [2.75, 3.05) is 0 Å². The number of rotatable bonds is 5. The smallest absolute Gasteiger partial charge is 0.286 e. The highest BCUT2D eigenvalue weighted by Gasteiger charge is 2.56. The second-order valence-corrected chi connectivity index (χ2v) is 15.9. The first-order valence-electron chi connectivity index (χ1n) is 14.6. The number of hydrogen-bond donors (Lipinski definition) is 0. The summed E-state index contributed by atoms with van der Waals surface area (Å²) in [6, 6.07) is 50.3. The molecule has 2 aliphatic rings. The molecule has 0 spiro atoms. The van der Waals surface area contributed by atoms with E-state index in [0.717, 1.165) is 33.4 Å². The van der Waals surface area contributed by atoms with Crippen LogP contribution in [0.5, 0.6) is 11.5 Å². The Kier molecular flexibility index (Phi) is 6.45. The normalized spacial score (nSPS) is 20.8. The SMILES string of the molecule is O=P1(C(c2ccccc2)C(c2ccccc2)P2(=O)Oc3ccccc3-c3ccccc32)Oc2ccccc2-c2ccccc21. The minimum atomic E-state index is -3.85. The van der Waals surface area contributed by atoms with Gasteiger partial charge in [-0.1, -0.05) is 133 Å². The van der Waals surface area contributed by atoms with E-state index >= 15 is 9.13 Å². The van der Waals surface area contributed by atoms with Gasteiger partial charge in [-0.05, 0) is 46.5 Å². The Morgan fingerprint density at radius 2 is 0.682 bits per heavy atom. The van der Waals surface area contributed by atoms with Gasteiger partial charge in [-0.25, -0.2) is 0 Å². The second kappa shape index (κ2) is 10.5. The summed E-state index contributed by atoms with van der Waals surface area (Å²) in [5.41, 5.74) is 3.35. The fourth-order valence-corrected chi connectivity index (χ4v) is 13.6. The largest absolute Gasteiger partial charge is 0.439 e. The standard InChI is InChI=1S/C38H28O4P2/c39-43(35-25-13-9-21-31(35)29-19-7-11-23-33(29)41-43)37(27-15-3-1-4-16-27)38(28-17-5-2-6-18-28)44(40)36-26-14-10-22-32(36)30-20-8-12-24-34(30)42-44/h1-26,37-38H. The zero-order valence-corrected chi connectivity index (χ0v) is 25.5. The molecule has 0 fully saturated rings. The van der Waals surface area contributed by atoms with Gasteiger partial charge in [-0.2, -0.15) is 0 Å². The Morgan fingerprint density at radius 3 is 1.09 bits per heavy atom. The molecule has 0 bridgehead atoms. The van der Waals surface area contributed by atoms with E-state index in [2.05, 4.69) is 0 Å². The molecule has 44 heavy (non-hydrogen) atoms. The van der Waals surface area contributed by atoms with Crippen LogP contribution in [0.2, 0.25) is 0 Å². The number of benzene rings is 6. The number of hydrogen-bond acceptors (Lipinski definition) is 4. The summed E-state index contributed by atoms with van der Waals surface area (Å²) in [6.45, 7) is 0. The highest BCUT2D eigenvalue weighted by molar-refractivity contribution is 7.72. The van der Waals surface area contributed by atoms with Crippen LogP contribution in [-0.2, 0) is 9.13 Å². The number of para-hydroxylation sites is 2. The van der Waals surface area contributed by atoms with Crippen molar-refractivity contribution in [2.45, 2.75) is 11.3 Å². The van der Waals surface area contributed by atoms with E-state index in [1.54, 1.807) is 0 Å². The first kappa shape index (κ1) is 27.0. The maximum absolute atomic E-state index is 16.1. The summed E-state index contributed by atoms with van der Waals surface area (Å²) in [6.07, 6.45) is 0. The quantitative estimate of drug-likeness (QED) is 0.182. The minimum Gasteiger partial charge on any atom is -0.439 e. The highest BCUT2D eigenvalue weighted by atomic mass is 31.2. The number of fused-ring (bicyclic) bond motifs is 6. The Hall–Kier alpha value is -4.62. The van der Waals surface area contributed by atoms with Crippen molar-refractivity contribution in [3.8, 4) is 33.8 Å². The van der Waals surface area contributed by atoms with Crippen LogP contribution < -0.4 is 19.7 Å². The summed E-state index contributed by atoms with van der Waals surface area (Å²) in [5, 5.41) is 1.23. The Morgan fingerprint density at radius 1 is 0.364 bits per heavy atom. The van der Waals surface area contributed by atoms with Gasteiger partial charge in [0.15, 0.2) is 0 Å². The summed E-state index contributed by atoms with van der Waals surface area (Å²) in [5.74, 6) is 1.10. The zero-order valence-electron chi connectivity index (χ0n) is 23.7. The van der Waals surface area contributed by atoms with Gasteiger partial charge < -0.3 is 9.05 Å². The molecule has 6 aromatic rings. The van der Waals surface area contributed by atoms with Gasteiger partial charge in [-0.3, -0.25) is 9.13 Å². The van der Waals surface area contributed by atoms with E-state index in [1.165, 1.54) is 0 Å². The molecular weight excluding hydrogens is 582 g/mol. The first-order valence-corrected chi connectivity index (χ1v) is 18.0. The molecule has 0 amide bonds. The molecule has 2 aliphatic heterocycles. The highest BCUT2D eigenvalue weighted by Crippen LogP contribution is 2.76. The lowest BCUT2D eigenvalue weighted by atomic mass is 10.0. The van der Waals surface area contributed by atoms with Crippen LogP contribution in [-0.4, -0.2) is 0 Å². The molecule has 0 saturated carbocycles. The third kappa shape index (κ3) is 4.14. The van der Waals surface area contributed by atoms with Gasteiger partial charge >= 0.3 is 0 Å². The molecule has 4 nitrogen and oxygen atoms in total. The molecule has 4 atom stereocenters. The van der Waals surface area contributed by atoms with Crippen LogP contribution >= 0.6 is 14.7 Å². The summed E-state index contributed by atoms with van der Waals surface area (Å²) in [7, 11) is -7.69. The molecule has 214 valence electrons. The van der Waals surface area contributed by atoms with Gasteiger partial charge in [0, 0.05) is 11.1 Å². The molecule has 6 heteroatoms. The van der Waals surface area contributed by atoms with E-state index < -0.39 is 26.1 Å². The lowest BCUT2D eigenvalue weighted by Crippen LogP contribution is -2.30.